The molecule has 94 valence electrons. The zero-order chi connectivity index (χ0) is 12.4. The van der Waals surface area contributed by atoms with Crippen LogP contribution in [0.25, 0.3) is 0 Å². The summed E-state index contributed by atoms with van der Waals surface area (Å²) in [6, 6.07) is 6.52. The Bertz CT molecular complexity index is 394. The second-order valence-electron chi connectivity index (χ2n) is 5.14. The van der Waals surface area contributed by atoms with E-state index in [9.17, 15) is 0 Å². The minimum atomic E-state index is 0.580. The van der Waals surface area contributed by atoms with E-state index >= 15 is 0 Å². The molecule has 1 fully saturated rings. The Morgan fingerprint density at radius 2 is 2.06 bits per heavy atom. The first-order chi connectivity index (χ1) is 8.08. The Balaban J connectivity index is 2.09. The summed E-state index contributed by atoms with van der Waals surface area (Å²) in [7, 11) is 0. The topological polar surface area (TPSA) is 12.0 Å². The van der Waals surface area contributed by atoms with Gasteiger partial charge in [0.2, 0.25) is 0 Å². The molecule has 3 atom stereocenters. The molecule has 0 spiro atoms. The lowest BCUT2D eigenvalue weighted by Crippen LogP contribution is -2.35. The average Bonchev–Trinajstić information content (AvgIpc) is 2.28. The van der Waals surface area contributed by atoms with E-state index in [1.165, 1.54) is 19.3 Å². The van der Waals surface area contributed by atoms with Crippen molar-refractivity contribution in [1.82, 2.24) is 0 Å². The van der Waals surface area contributed by atoms with E-state index < -0.39 is 0 Å². The maximum absolute atomic E-state index is 5.95. The molecule has 2 rings (SSSR count). The third kappa shape index (κ3) is 3.17. The number of benzene rings is 1. The van der Waals surface area contributed by atoms with Gasteiger partial charge in [-0.15, -0.1) is 0 Å². The van der Waals surface area contributed by atoms with Crippen LogP contribution in [-0.2, 0) is 0 Å². The summed E-state index contributed by atoms with van der Waals surface area (Å²) >= 11 is 9.52. The smallest absolute Gasteiger partial charge is 0.0487 e. The molecule has 0 aromatic heterocycles. The van der Waals surface area contributed by atoms with Gasteiger partial charge in [-0.2, -0.15) is 0 Å². The molecule has 3 unspecified atom stereocenters. The SMILES string of the molecule is CC1CCCC(Nc2ccc(Cl)cc2Br)C1C. The second kappa shape index (κ2) is 5.62. The molecule has 0 heterocycles. The van der Waals surface area contributed by atoms with Crippen LogP contribution in [0.15, 0.2) is 22.7 Å². The van der Waals surface area contributed by atoms with Crippen molar-refractivity contribution in [2.75, 3.05) is 5.32 Å². The molecule has 1 aliphatic carbocycles. The molecule has 0 radical (unpaired) electrons. The fourth-order valence-electron chi connectivity index (χ4n) is 2.59. The summed E-state index contributed by atoms with van der Waals surface area (Å²) in [6.45, 7) is 4.71. The Morgan fingerprint density at radius 1 is 1.29 bits per heavy atom. The maximum atomic E-state index is 5.95. The highest BCUT2D eigenvalue weighted by Crippen LogP contribution is 2.34. The molecule has 0 amide bonds. The Labute approximate surface area is 117 Å². The molecular formula is C14H19BrClN. The van der Waals surface area contributed by atoms with Crippen LogP contribution >= 0.6 is 27.5 Å². The zero-order valence-electron chi connectivity index (χ0n) is 10.3. The van der Waals surface area contributed by atoms with Gasteiger partial charge in [-0.3, -0.25) is 0 Å². The largest absolute Gasteiger partial charge is 0.381 e. The molecule has 3 heteroatoms. The first-order valence-electron chi connectivity index (χ1n) is 6.29. The van der Waals surface area contributed by atoms with Gasteiger partial charge in [-0.1, -0.05) is 38.3 Å². The Morgan fingerprint density at radius 3 is 2.76 bits per heavy atom. The number of hydrogen-bond donors (Lipinski definition) is 1. The first kappa shape index (κ1) is 13.2. The monoisotopic (exact) mass is 315 g/mol. The van der Waals surface area contributed by atoms with Crippen molar-refractivity contribution in [1.29, 1.82) is 0 Å². The van der Waals surface area contributed by atoms with Crippen LogP contribution in [0.2, 0.25) is 5.02 Å². The minimum absolute atomic E-state index is 0.580. The van der Waals surface area contributed by atoms with Gasteiger partial charge in [0.15, 0.2) is 0 Å². The predicted molar refractivity (Wildman–Crippen MR) is 78.7 cm³/mol. The van der Waals surface area contributed by atoms with Crippen molar-refractivity contribution in [3.8, 4) is 0 Å². The van der Waals surface area contributed by atoms with Gasteiger partial charge in [0, 0.05) is 21.2 Å². The van der Waals surface area contributed by atoms with Crippen molar-refractivity contribution < 1.29 is 0 Å². The van der Waals surface area contributed by atoms with Gasteiger partial charge in [0.25, 0.3) is 0 Å². The molecule has 1 aromatic carbocycles. The van der Waals surface area contributed by atoms with Gasteiger partial charge >= 0.3 is 0 Å². The van der Waals surface area contributed by atoms with Gasteiger partial charge in [-0.25, -0.2) is 0 Å². The third-order valence-electron chi connectivity index (χ3n) is 3.98. The zero-order valence-corrected chi connectivity index (χ0v) is 12.7. The van der Waals surface area contributed by atoms with Gasteiger partial charge in [-0.05, 0) is 52.4 Å². The number of nitrogens with one attached hydrogen (secondary N) is 1. The number of anilines is 1. The molecule has 1 saturated carbocycles. The van der Waals surface area contributed by atoms with E-state index in [1.54, 1.807) is 0 Å². The predicted octanol–water partition coefficient (Wildman–Crippen LogP) is 5.34. The van der Waals surface area contributed by atoms with Crippen LogP contribution in [0.1, 0.15) is 33.1 Å². The maximum Gasteiger partial charge on any atom is 0.0487 e. The summed E-state index contributed by atoms with van der Waals surface area (Å²) < 4.78 is 1.05. The standard InChI is InChI=1S/C14H19BrClN/c1-9-4-3-5-13(10(9)2)17-14-7-6-11(16)8-12(14)15/h6-10,13,17H,3-5H2,1-2H3. The molecule has 0 aliphatic heterocycles. The fraction of sp³-hybridized carbons (Fsp3) is 0.571. The van der Waals surface area contributed by atoms with E-state index in [4.69, 9.17) is 11.6 Å². The Hall–Kier alpha value is -0.210. The highest BCUT2D eigenvalue weighted by atomic mass is 79.9. The lowest BCUT2D eigenvalue weighted by molar-refractivity contribution is 0.253. The highest BCUT2D eigenvalue weighted by Gasteiger charge is 2.27. The number of halogens is 2. The molecule has 17 heavy (non-hydrogen) atoms. The molecule has 1 nitrogen and oxygen atoms in total. The molecular weight excluding hydrogens is 298 g/mol. The first-order valence-corrected chi connectivity index (χ1v) is 7.46. The number of hydrogen-bond acceptors (Lipinski definition) is 1. The Kier molecular flexibility index (Phi) is 4.37. The summed E-state index contributed by atoms with van der Waals surface area (Å²) in [5.74, 6) is 1.54. The molecule has 1 aromatic rings. The summed E-state index contributed by atoms with van der Waals surface area (Å²) in [5.41, 5.74) is 1.15. The van der Waals surface area contributed by atoms with Crippen molar-refractivity contribution in [2.24, 2.45) is 11.8 Å². The summed E-state index contributed by atoms with van der Waals surface area (Å²) in [5, 5.41) is 4.42. The van der Waals surface area contributed by atoms with Crippen molar-refractivity contribution in [2.45, 2.75) is 39.2 Å². The van der Waals surface area contributed by atoms with E-state index in [0.29, 0.717) is 6.04 Å². The van der Waals surface area contributed by atoms with Crippen LogP contribution < -0.4 is 5.32 Å². The summed E-state index contributed by atoms with van der Waals surface area (Å²) in [6.07, 6.45) is 3.95. The van der Waals surface area contributed by atoms with E-state index in [0.717, 1.165) is 27.0 Å². The normalized spacial score (nSPS) is 29.1. The van der Waals surface area contributed by atoms with Gasteiger partial charge < -0.3 is 5.32 Å². The molecule has 1 N–H and O–H groups in total. The van der Waals surface area contributed by atoms with Crippen LogP contribution in [0.3, 0.4) is 0 Å². The van der Waals surface area contributed by atoms with Crippen LogP contribution in [0.5, 0.6) is 0 Å². The molecule has 0 bridgehead atoms. The second-order valence-corrected chi connectivity index (χ2v) is 6.43. The van der Waals surface area contributed by atoms with Crippen molar-refractivity contribution in [3.05, 3.63) is 27.7 Å². The number of rotatable bonds is 2. The third-order valence-corrected chi connectivity index (χ3v) is 4.87. The highest BCUT2D eigenvalue weighted by molar-refractivity contribution is 9.10. The van der Waals surface area contributed by atoms with Crippen molar-refractivity contribution >= 4 is 33.2 Å². The van der Waals surface area contributed by atoms with E-state index in [2.05, 4.69) is 41.2 Å². The van der Waals surface area contributed by atoms with Gasteiger partial charge in [0.05, 0.1) is 0 Å². The van der Waals surface area contributed by atoms with Crippen molar-refractivity contribution in [3.63, 3.8) is 0 Å². The van der Waals surface area contributed by atoms with Gasteiger partial charge in [0.1, 0.15) is 0 Å². The molecule has 0 saturated heterocycles. The van der Waals surface area contributed by atoms with Crippen LogP contribution in [-0.4, -0.2) is 6.04 Å². The average molecular weight is 317 g/mol. The van der Waals surface area contributed by atoms with E-state index in [-0.39, 0.29) is 0 Å². The quantitative estimate of drug-likeness (QED) is 0.776. The molecule has 1 aliphatic rings. The lowest BCUT2D eigenvalue weighted by atomic mass is 9.78. The van der Waals surface area contributed by atoms with Crippen LogP contribution in [0, 0.1) is 11.8 Å². The fourth-order valence-corrected chi connectivity index (χ4v) is 3.39. The van der Waals surface area contributed by atoms with E-state index in [1.807, 2.05) is 12.1 Å². The summed E-state index contributed by atoms with van der Waals surface area (Å²) in [4.78, 5) is 0. The minimum Gasteiger partial charge on any atom is -0.381 e. The van der Waals surface area contributed by atoms with Crippen LogP contribution in [0.4, 0.5) is 5.69 Å². The lowest BCUT2D eigenvalue weighted by Gasteiger charge is -2.35.